The predicted octanol–water partition coefficient (Wildman–Crippen LogP) is 6.81. The second-order valence-corrected chi connectivity index (χ2v) is 6.48. The van der Waals surface area contributed by atoms with Crippen molar-refractivity contribution in [2.45, 2.75) is 19.8 Å². The number of carbonyl (C=O) groups excluding carboxylic acids is 1. The van der Waals surface area contributed by atoms with Gasteiger partial charge in [-0.2, -0.15) is 9.65 Å². The van der Waals surface area contributed by atoms with Crippen LogP contribution in [0.25, 0.3) is 11.1 Å². The zero-order chi connectivity index (χ0) is 24.0. The molecule has 0 aliphatic carbocycles. The second-order valence-electron chi connectivity index (χ2n) is 6.48. The average molecular weight is 453 g/mol. The minimum atomic E-state index is -1.81. The van der Waals surface area contributed by atoms with Crippen LogP contribution in [0.5, 0.6) is 0 Å². The van der Waals surface area contributed by atoms with E-state index in [4.69, 9.17) is 5.26 Å². The molecule has 32 heavy (non-hydrogen) atoms. The topological polar surface area (TPSA) is 40.9 Å². The fraction of sp³-hybridized carbons (Fsp3) is 0.130. The van der Waals surface area contributed by atoms with Crippen molar-refractivity contribution in [3.8, 4) is 17.2 Å². The van der Waals surface area contributed by atoms with Crippen molar-refractivity contribution in [2.75, 3.05) is 0 Å². The summed E-state index contributed by atoms with van der Waals surface area (Å²) in [5.74, 6) is -6.83. The van der Waals surface area contributed by atoms with E-state index in [-0.39, 0.29) is 16.7 Å². The summed E-state index contributed by atoms with van der Waals surface area (Å²) < 4.78 is 90.8. The first-order valence-corrected chi connectivity index (χ1v) is 9.11. The molecule has 0 saturated heterocycles. The van der Waals surface area contributed by atoms with Crippen LogP contribution in [0.15, 0.2) is 42.5 Å². The molecule has 0 aliphatic heterocycles. The summed E-state index contributed by atoms with van der Waals surface area (Å²) in [4.78, 5) is 10.4. The van der Waals surface area contributed by atoms with E-state index in [0.717, 1.165) is 30.3 Å². The molecule has 3 rings (SSSR count). The van der Waals surface area contributed by atoms with Gasteiger partial charge in [0.15, 0.2) is 17.5 Å². The molecule has 3 aromatic rings. The van der Waals surface area contributed by atoms with Gasteiger partial charge in [0.1, 0.15) is 29.1 Å². The lowest BCUT2D eigenvalue weighted by molar-refractivity contribution is 0.0835. The number of hydrogen-bond donors (Lipinski definition) is 0. The van der Waals surface area contributed by atoms with Gasteiger partial charge >= 0.3 is 6.04 Å². The van der Waals surface area contributed by atoms with Crippen molar-refractivity contribution >= 4 is 6.04 Å². The Bertz CT molecular complexity index is 1180. The Kier molecular flexibility index (Phi) is 8.13. The van der Waals surface area contributed by atoms with Gasteiger partial charge in [0.25, 0.3) is 0 Å². The molecule has 166 valence electrons. The number of nitriles is 1. The van der Waals surface area contributed by atoms with E-state index in [1.54, 1.807) is 0 Å². The highest BCUT2D eigenvalue weighted by Crippen LogP contribution is 2.27. The summed E-state index contributed by atoms with van der Waals surface area (Å²) in [6.45, 7) is 1.85. The van der Waals surface area contributed by atoms with Crippen molar-refractivity contribution in [3.05, 3.63) is 94.1 Å². The molecule has 0 saturated carbocycles. The molecular weight excluding hydrogens is 439 g/mol. The lowest BCUT2D eigenvalue weighted by atomic mass is 10.0. The van der Waals surface area contributed by atoms with E-state index in [0.29, 0.717) is 18.9 Å². The summed E-state index contributed by atoms with van der Waals surface area (Å²) in [6, 6.07) is 5.99. The van der Waals surface area contributed by atoms with Crippen LogP contribution in [-0.2, 0) is 6.42 Å². The molecule has 3 aromatic carbocycles. The first kappa shape index (κ1) is 24.6. The van der Waals surface area contributed by atoms with Crippen LogP contribution in [0.2, 0.25) is 0 Å². The van der Waals surface area contributed by atoms with Gasteiger partial charge in [-0.15, -0.1) is 0 Å². The second kappa shape index (κ2) is 10.6. The lowest BCUT2D eigenvalue weighted by Crippen LogP contribution is -1.96. The fourth-order valence-corrected chi connectivity index (χ4v) is 2.74. The van der Waals surface area contributed by atoms with E-state index >= 15 is 0 Å². The van der Waals surface area contributed by atoms with Crippen molar-refractivity contribution in [3.63, 3.8) is 0 Å². The van der Waals surface area contributed by atoms with Gasteiger partial charge in [-0.25, -0.2) is 26.3 Å². The van der Waals surface area contributed by atoms with Crippen LogP contribution in [0.3, 0.4) is 0 Å². The number of hydrogen-bond acceptors (Lipinski definition) is 2. The quantitative estimate of drug-likeness (QED) is 0.247. The van der Waals surface area contributed by atoms with E-state index in [1.807, 2.05) is 6.92 Å². The van der Waals surface area contributed by atoms with E-state index in [1.165, 1.54) is 12.1 Å². The van der Waals surface area contributed by atoms with Gasteiger partial charge < -0.3 is 0 Å². The molecule has 0 fully saturated rings. The van der Waals surface area contributed by atoms with E-state index in [9.17, 15) is 35.5 Å². The fourth-order valence-electron chi connectivity index (χ4n) is 2.74. The van der Waals surface area contributed by atoms with Crippen LogP contribution >= 0.6 is 0 Å². The SMILES string of the molecule is CCCc1ccc(F)c(F)c1F.N#Cc1c(F)cc(-c2ccc(C(=O)F)cc2F)cc1F. The molecule has 0 bridgehead atoms. The number of rotatable bonds is 4. The van der Waals surface area contributed by atoms with Crippen LogP contribution in [0.1, 0.15) is 34.8 Å². The molecule has 0 aliphatic rings. The molecule has 0 aromatic heterocycles. The molecule has 0 amide bonds. The highest BCUT2D eigenvalue weighted by Gasteiger charge is 2.15. The minimum absolute atomic E-state index is 0.158. The molecule has 0 spiro atoms. The molecule has 0 N–H and O–H groups in total. The third-order valence-corrected chi connectivity index (χ3v) is 4.30. The van der Waals surface area contributed by atoms with Crippen molar-refractivity contribution in [2.24, 2.45) is 0 Å². The summed E-state index contributed by atoms with van der Waals surface area (Å²) in [5, 5.41) is 8.53. The largest absolute Gasteiger partial charge is 0.332 e. The number of aryl methyl sites for hydroxylation is 1. The molecule has 0 unspecified atom stereocenters. The zero-order valence-corrected chi connectivity index (χ0v) is 16.5. The summed E-state index contributed by atoms with van der Waals surface area (Å²) in [7, 11) is 0. The number of nitrogens with zero attached hydrogens (tertiary/aromatic N) is 1. The Balaban J connectivity index is 0.000000258. The monoisotopic (exact) mass is 453 g/mol. The third-order valence-electron chi connectivity index (χ3n) is 4.30. The van der Waals surface area contributed by atoms with Crippen LogP contribution in [-0.4, -0.2) is 6.04 Å². The Morgan fingerprint density at radius 3 is 1.97 bits per heavy atom. The summed E-state index contributed by atoms with van der Waals surface area (Å²) in [6.07, 6.45) is 1.14. The first-order valence-electron chi connectivity index (χ1n) is 9.11. The van der Waals surface area contributed by atoms with Crippen molar-refractivity contribution in [1.29, 1.82) is 5.26 Å². The number of halogens is 7. The van der Waals surface area contributed by atoms with Crippen LogP contribution in [0, 0.1) is 46.2 Å². The standard InChI is InChI=1S/C14H5F4NO.C9H9F3/c15-11-3-7(14(18)20)1-2-9(11)8-4-12(16)10(6-19)13(17)5-8;1-2-3-6-4-5-7(10)9(12)8(6)11/h1-5H;4-5H,2-3H2,1H3. The average Bonchev–Trinajstić information content (AvgIpc) is 2.74. The summed E-state index contributed by atoms with van der Waals surface area (Å²) >= 11 is 0. The third kappa shape index (κ3) is 5.52. The minimum Gasteiger partial charge on any atom is -0.255 e. The lowest BCUT2D eigenvalue weighted by Gasteiger charge is -2.06. The van der Waals surface area contributed by atoms with Gasteiger partial charge in [0.05, 0.1) is 5.56 Å². The Morgan fingerprint density at radius 2 is 1.47 bits per heavy atom. The zero-order valence-electron chi connectivity index (χ0n) is 16.5. The Labute approximate surface area is 178 Å². The molecule has 0 radical (unpaired) electrons. The maximum atomic E-state index is 13.7. The molecule has 2 nitrogen and oxygen atoms in total. The summed E-state index contributed by atoms with van der Waals surface area (Å²) in [5.41, 5.74) is -1.41. The van der Waals surface area contributed by atoms with Crippen LogP contribution < -0.4 is 0 Å². The van der Waals surface area contributed by atoms with E-state index in [2.05, 4.69) is 0 Å². The maximum absolute atomic E-state index is 13.7. The molecule has 0 heterocycles. The van der Waals surface area contributed by atoms with E-state index < -0.39 is 52.1 Å². The molecule has 0 atom stereocenters. The number of carbonyl (C=O) groups is 1. The number of benzene rings is 3. The molecular formula is C23H14F7NO. The molecule has 9 heteroatoms. The van der Waals surface area contributed by atoms with Gasteiger partial charge in [-0.3, -0.25) is 4.79 Å². The highest BCUT2D eigenvalue weighted by atomic mass is 19.2. The van der Waals surface area contributed by atoms with Gasteiger partial charge in [0, 0.05) is 5.56 Å². The highest BCUT2D eigenvalue weighted by molar-refractivity contribution is 5.89. The predicted molar refractivity (Wildman–Crippen MR) is 102 cm³/mol. The van der Waals surface area contributed by atoms with Crippen LogP contribution in [0.4, 0.5) is 30.7 Å². The van der Waals surface area contributed by atoms with Gasteiger partial charge in [-0.05, 0) is 47.9 Å². The normalized spacial score (nSPS) is 10.2. The van der Waals surface area contributed by atoms with Gasteiger partial charge in [0.2, 0.25) is 0 Å². The van der Waals surface area contributed by atoms with Crippen molar-refractivity contribution in [1.82, 2.24) is 0 Å². The first-order chi connectivity index (χ1) is 15.1. The Morgan fingerprint density at radius 1 is 0.844 bits per heavy atom. The van der Waals surface area contributed by atoms with Crippen molar-refractivity contribution < 1.29 is 35.5 Å². The smallest absolute Gasteiger partial charge is 0.255 e. The van der Waals surface area contributed by atoms with Gasteiger partial charge in [-0.1, -0.05) is 25.5 Å². The maximum Gasteiger partial charge on any atom is 0.332 e. The Hall–Kier alpha value is -3.67.